The SMILES string of the molecule is C=CCCCCCC=CCCCCC. The van der Waals surface area contributed by atoms with Crippen molar-refractivity contribution in [3.05, 3.63) is 24.8 Å². The van der Waals surface area contributed by atoms with Crippen LogP contribution in [0.5, 0.6) is 0 Å². The van der Waals surface area contributed by atoms with Gasteiger partial charge >= 0.3 is 0 Å². The molecule has 0 heteroatoms. The zero-order valence-electron chi connectivity index (χ0n) is 9.80. The Bertz CT molecular complexity index is 133. The van der Waals surface area contributed by atoms with Crippen LogP contribution in [-0.2, 0) is 0 Å². The molecule has 0 aliphatic heterocycles. The molecule has 0 saturated carbocycles. The van der Waals surface area contributed by atoms with Gasteiger partial charge in [-0.1, -0.05) is 44.4 Å². The van der Waals surface area contributed by atoms with E-state index in [1.54, 1.807) is 0 Å². The fourth-order valence-corrected chi connectivity index (χ4v) is 1.48. The molecule has 0 aromatic carbocycles. The molecular formula is C14H26. The Morgan fingerprint density at radius 3 is 1.93 bits per heavy atom. The second-order valence-corrected chi connectivity index (χ2v) is 3.89. The second kappa shape index (κ2) is 12.5. The molecule has 0 spiro atoms. The highest BCUT2D eigenvalue weighted by Crippen LogP contribution is 2.05. The van der Waals surface area contributed by atoms with Gasteiger partial charge in [0.1, 0.15) is 0 Å². The monoisotopic (exact) mass is 194 g/mol. The van der Waals surface area contributed by atoms with Crippen LogP contribution in [0.15, 0.2) is 24.8 Å². The summed E-state index contributed by atoms with van der Waals surface area (Å²) in [5.74, 6) is 0. The molecule has 0 radical (unpaired) electrons. The molecule has 0 N–H and O–H groups in total. The van der Waals surface area contributed by atoms with Crippen LogP contribution in [0.4, 0.5) is 0 Å². The highest BCUT2D eigenvalue weighted by molar-refractivity contribution is 4.81. The number of allylic oxidation sites excluding steroid dienone is 3. The maximum Gasteiger partial charge on any atom is -0.0351 e. The van der Waals surface area contributed by atoms with E-state index in [0.717, 1.165) is 0 Å². The Hall–Kier alpha value is -0.520. The van der Waals surface area contributed by atoms with Gasteiger partial charge in [-0.2, -0.15) is 0 Å². The molecule has 0 atom stereocenters. The number of unbranched alkanes of at least 4 members (excludes halogenated alkanes) is 7. The van der Waals surface area contributed by atoms with Crippen LogP contribution in [0.1, 0.15) is 64.7 Å². The lowest BCUT2D eigenvalue weighted by molar-refractivity contribution is 0.692. The Kier molecular flexibility index (Phi) is 12.0. The van der Waals surface area contributed by atoms with Crippen LogP contribution in [0.25, 0.3) is 0 Å². The minimum Gasteiger partial charge on any atom is -0.103 e. The standard InChI is InChI=1S/C14H26/c1-3-5-7-9-11-13-14-12-10-8-6-4-2/h3,12,14H,1,4-11,13H2,2H3. The maximum atomic E-state index is 3.72. The van der Waals surface area contributed by atoms with Crippen LogP contribution in [0.3, 0.4) is 0 Å². The van der Waals surface area contributed by atoms with E-state index in [1.807, 2.05) is 6.08 Å². The normalized spacial score (nSPS) is 10.9. The highest BCUT2D eigenvalue weighted by Gasteiger charge is 1.85. The van der Waals surface area contributed by atoms with Gasteiger partial charge in [0.15, 0.2) is 0 Å². The van der Waals surface area contributed by atoms with E-state index in [1.165, 1.54) is 57.8 Å². The van der Waals surface area contributed by atoms with Crippen molar-refractivity contribution in [1.29, 1.82) is 0 Å². The van der Waals surface area contributed by atoms with Crippen molar-refractivity contribution in [2.45, 2.75) is 64.7 Å². The van der Waals surface area contributed by atoms with E-state index in [2.05, 4.69) is 25.7 Å². The molecule has 0 nitrogen and oxygen atoms in total. The summed E-state index contributed by atoms with van der Waals surface area (Å²) in [6.45, 7) is 5.98. The predicted octanol–water partition coefficient (Wildman–Crippen LogP) is 5.26. The third-order valence-corrected chi connectivity index (χ3v) is 2.42. The molecule has 0 unspecified atom stereocenters. The molecule has 14 heavy (non-hydrogen) atoms. The lowest BCUT2D eigenvalue weighted by Gasteiger charge is -1.95. The Balaban J connectivity index is 2.99. The fourth-order valence-electron chi connectivity index (χ4n) is 1.48. The zero-order valence-corrected chi connectivity index (χ0v) is 9.80. The zero-order chi connectivity index (χ0) is 10.5. The maximum absolute atomic E-state index is 3.72. The van der Waals surface area contributed by atoms with Crippen molar-refractivity contribution in [2.75, 3.05) is 0 Å². The number of rotatable bonds is 10. The first-order valence-electron chi connectivity index (χ1n) is 6.17. The molecule has 0 rings (SSSR count). The molecule has 0 heterocycles. The molecular weight excluding hydrogens is 168 g/mol. The van der Waals surface area contributed by atoms with Gasteiger partial charge in [-0.25, -0.2) is 0 Å². The average Bonchev–Trinajstić information content (AvgIpc) is 2.21. The smallest absolute Gasteiger partial charge is 0.0351 e. The van der Waals surface area contributed by atoms with Gasteiger partial charge in [0.05, 0.1) is 0 Å². The second-order valence-electron chi connectivity index (χ2n) is 3.89. The van der Waals surface area contributed by atoms with Crippen LogP contribution < -0.4 is 0 Å². The van der Waals surface area contributed by atoms with Gasteiger partial charge in [-0.05, 0) is 38.5 Å². The van der Waals surface area contributed by atoms with E-state index in [9.17, 15) is 0 Å². The van der Waals surface area contributed by atoms with Crippen molar-refractivity contribution in [2.24, 2.45) is 0 Å². The predicted molar refractivity (Wildman–Crippen MR) is 66.6 cm³/mol. The first-order valence-corrected chi connectivity index (χ1v) is 6.17. The van der Waals surface area contributed by atoms with Gasteiger partial charge in [0.2, 0.25) is 0 Å². The largest absolute Gasteiger partial charge is 0.103 e. The summed E-state index contributed by atoms with van der Waals surface area (Å²) < 4.78 is 0. The van der Waals surface area contributed by atoms with E-state index in [4.69, 9.17) is 0 Å². The van der Waals surface area contributed by atoms with E-state index in [-0.39, 0.29) is 0 Å². The summed E-state index contributed by atoms with van der Waals surface area (Å²) in [5, 5.41) is 0. The Morgan fingerprint density at radius 1 is 0.786 bits per heavy atom. The third kappa shape index (κ3) is 11.5. The third-order valence-electron chi connectivity index (χ3n) is 2.42. The minimum atomic E-state index is 1.18. The van der Waals surface area contributed by atoms with Crippen molar-refractivity contribution < 1.29 is 0 Å². The minimum absolute atomic E-state index is 1.18. The lowest BCUT2D eigenvalue weighted by Crippen LogP contribution is -1.75. The molecule has 82 valence electrons. The summed E-state index contributed by atoms with van der Waals surface area (Å²) in [7, 11) is 0. The summed E-state index contributed by atoms with van der Waals surface area (Å²) in [6.07, 6.45) is 18.5. The number of hydrogen-bond donors (Lipinski definition) is 0. The summed E-state index contributed by atoms with van der Waals surface area (Å²) in [6, 6.07) is 0. The summed E-state index contributed by atoms with van der Waals surface area (Å²) in [4.78, 5) is 0. The van der Waals surface area contributed by atoms with Crippen molar-refractivity contribution >= 4 is 0 Å². The van der Waals surface area contributed by atoms with Gasteiger partial charge in [0.25, 0.3) is 0 Å². The molecule has 0 bridgehead atoms. The van der Waals surface area contributed by atoms with Crippen molar-refractivity contribution in [3.8, 4) is 0 Å². The summed E-state index contributed by atoms with van der Waals surface area (Å²) >= 11 is 0. The topological polar surface area (TPSA) is 0 Å². The van der Waals surface area contributed by atoms with Crippen LogP contribution in [-0.4, -0.2) is 0 Å². The van der Waals surface area contributed by atoms with E-state index < -0.39 is 0 Å². The molecule has 0 saturated heterocycles. The molecule has 0 amide bonds. The number of hydrogen-bond acceptors (Lipinski definition) is 0. The fraction of sp³-hybridized carbons (Fsp3) is 0.714. The summed E-state index contributed by atoms with van der Waals surface area (Å²) in [5.41, 5.74) is 0. The molecule has 0 aliphatic rings. The van der Waals surface area contributed by atoms with Gasteiger partial charge in [-0.3, -0.25) is 0 Å². The van der Waals surface area contributed by atoms with Crippen LogP contribution in [0.2, 0.25) is 0 Å². The molecule has 0 aromatic rings. The van der Waals surface area contributed by atoms with Gasteiger partial charge in [0, 0.05) is 0 Å². The van der Waals surface area contributed by atoms with Crippen molar-refractivity contribution in [1.82, 2.24) is 0 Å². The van der Waals surface area contributed by atoms with Crippen molar-refractivity contribution in [3.63, 3.8) is 0 Å². The Morgan fingerprint density at radius 2 is 1.36 bits per heavy atom. The lowest BCUT2D eigenvalue weighted by atomic mass is 10.1. The molecule has 0 aromatic heterocycles. The van der Waals surface area contributed by atoms with E-state index >= 15 is 0 Å². The van der Waals surface area contributed by atoms with Gasteiger partial charge in [-0.15, -0.1) is 6.58 Å². The Labute approximate surface area is 90.1 Å². The van der Waals surface area contributed by atoms with E-state index in [0.29, 0.717) is 0 Å². The first-order chi connectivity index (χ1) is 6.91. The first kappa shape index (κ1) is 13.5. The average molecular weight is 194 g/mol. The quantitative estimate of drug-likeness (QED) is 0.329. The molecule has 0 aliphatic carbocycles. The van der Waals surface area contributed by atoms with Gasteiger partial charge < -0.3 is 0 Å². The van der Waals surface area contributed by atoms with Crippen LogP contribution in [0, 0.1) is 0 Å². The highest BCUT2D eigenvalue weighted by atomic mass is 13.9. The van der Waals surface area contributed by atoms with Crippen LogP contribution >= 0.6 is 0 Å². The molecule has 0 fully saturated rings.